The lowest BCUT2D eigenvalue weighted by Crippen LogP contribution is -2.32. The van der Waals surface area contributed by atoms with Gasteiger partial charge in [-0.15, -0.1) is 0 Å². The van der Waals surface area contributed by atoms with Crippen molar-refractivity contribution in [3.05, 3.63) is 64.5 Å². The topological polar surface area (TPSA) is 46.3 Å². The first-order chi connectivity index (χ1) is 12.9. The fourth-order valence-electron chi connectivity index (χ4n) is 3.12. The Morgan fingerprint density at radius 3 is 2.63 bits per heavy atom. The van der Waals surface area contributed by atoms with Gasteiger partial charge in [-0.05, 0) is 56.9 Å². The number of nitrogens with zero attached hydrogens (tertiary/aromatic N) is 5. The zero-order valence-corrected chi connectivity index (χ0v) is 16.1. The minimum absolute atomic E-state index is 0.0547. The first-order valence-electron chi connectivity index (χ1n) is 9.07. The molecule has 0 saturated heterocycles. The zero-order chi connectivity index (χ0) is 19.4. The molecule has 0 aliphatic carbocycles. The van der Waals surface area contributed by atoms with E-state index in [-0.39, 0.29) is 11.4 Å². The summed E-state index contributed by atoms with van der Waals surface area (Å²) in [7, 11) is 5.91. The van der Waals surface area contributed by atoms with Gasteiger partial charge in [-0.25, -0.2) is 4.39 Å². The van der Waals surface area contributed by atoms with E-state index in [0.717, 1.165) is 24.0 Å². The van der Waals surface area contributed by atoms with Crippen molar-refractivity contribution in [2.75, 3.05) is 34.2 Å². The molecule has 0 bridgehead atoms. The van der Waals surface area contributed by atoms with Gasteiger partial charge in [0, 0.05) is 44.1 Å². The SMILES string of the molecule is CN(C)CCn1c(=O)c(CN(C)CCn2cccn2)cc2ccc(F)cc21. The normalized spacial score (nSPS) is 11.8. The molecule has 27 heavy (non-hydrogen) atoms. The molecule has 0 amide bonds. The summed E-state index contributed by atoms with van der Waals surface area (Å²) >= 11 is 0. The van der Waals surface area contributed by atoms with Gasteiger partial charge in [-0.2, -0.15) is 5.10 Å². The van der Waals surface area contributed by atoms with Crippen molar-refractivity contribution < 1.29 is 4.39 Å². The fourth-order valence-corrected chi connectivity index (χ4v) is 3.12. The summed E-state index contributed by atoms with van der Waals surface area (Å²) in [5.41, 5.74) is 1.31. The van der Waals surface area contributed by atoms with E-state index in [4.69, 9.17) is 0 Å². The standard InChI is InChI=1S/C20H26FN5O/c1-23(2)9-12-26-19-14-18(21)6-5-16(19)13-17(20(26)27)15-24(3)10-11-25-8-4-7-22-25/h4-8,13-14H,9-12,15H2,1-3H3. The number of rotatable bonds is 8. The van der Waals surface area contributed by atoms with Crippen molar-refractivity contribution in [1.82, 2.24) is 24.1 Å². The predicted octanol–water partition coefficient (Wildman–Crippen LogP) is 2.03. The molecule has 0 N–H and O–H groups in total. The van der Waals surface area contributed by atoms with Gasteiger partial charge in [0.05, 0.1) is 12.1 Å². The Morgan fingerprint density at radius 2 is 1.93 bits per heavy atom. The van der Waals surface area contributed by atoms with Crippen LogP contribution in [0.15, 0.2) is 47.5 Å². The maximum absolute atomic E-state index is 13.8. The molecule has 0 atom stereocenters. The van der Waals surface area contributed by atoms with Crippen molar-refractivity contribution >= 4 is 10.9 Å². The quantitative estimate of drug-likeness (QED) is 0.608. The molecular formula is C20H26FN5O. The highest BCUT2D eigenvalue weighted by atomic mass is 19.1. The van der Waals surface area contributed by atoms with Crippen LogP contribution in [0.25, 0.3) is 10.9 Å². The van der Waals surface area contributed by atoms with Crippen LogP contribution in [-0.4, -0.2) is 58.4 Å². The molecule has 0 aliphatic heterocycles. The second-order valence-electron chi connectivity index (χ2n) is 7.14. The number of aromatic nitrogens is 3. The first-order valence-corrected chi connectivity index (χ1v) is 9.07. The van der Waals surface area contributed by atoms with Gasteiger partial charge in [-0.3, -0.25) is 9.48 Å². The summed E-state index contributed by atoms with van der Waals surface area (Å²) in [4.78, 5) is 17.2. The first kappa shape index (κ1) is 19.3. The maximum Gasteiger partial charge on any atom is 0.255 e. The third-order valence-electron chi connectivity index (χ3n) is 4.61. The molecule has 3 aromatic rings. The van der Waals surface area contributed by atoms with Crippen LogP contribution in [-0.2, 0) is 19.6 Å². The van der Waals surface area contributed by atoms with Crippen LogP contribution in [0.3, 0.4) is 0 Å². The Balaban J connectivity index is 1.86. The van der Waals surface area contributed by atoms with Crippen LogP contribution < -0.4 is 5.56 Å². The van der Waals surface area contributed by atoms with Crippen molar-refractivity contribution in [3.8, 4) is 0 Å². The molecule has 0 aliphatic rings. The fraction of sp³-hybridized carbons (Fsp3) is 0.400. The van der Waals surface area contributed by atoms with Crippen LogP contribution in [0.2, 0.25) is 0 Å². The molecular weight excluding hydrogens is 345 g/mol. The smallest absolute Gasteiger partial charge is 0.255 e. The third kappa shape index (κ3) is 4.81. The zero-order valence-electron chi connectivity index (χ0n) is 16.1. The summed E-state index contributed by atoms with van der Waals surface area (Å²) in [5.74, 6) is -0.329. The summed E-state index contributed by atoms with van der Waals surface area (Å²) < 4.78 is 17.3. The number of hydrogen-bond donors (Lipinski definition) is 0. The number of hydrogen-bond acceptors (Lipinski definition) is 4. The average Bonchev–Trinajstić information content (AvgIpc) is 3.14. The molecule has 0 saturated carbocycles. The molecule has 1 aromatic carbocycles. The van der Waals surface area contributed by atoms with Crippen molar-refractivity contribution in [1.29, 1.82) is 0 Å². The summed E-state index contributed by atoms with van der Waals surface area (Å²) in [6.07, 6.45) is 3.68. The lowest BCUT2D eigenvalue weighted by Gasteiger charge is -2.19. The monoisotopic (exact) mass is 371 g/mol. The largest absolute Gasteiger partial charge is 0.308 e. The number of benzene rings is 1. The number of likely N-dealkylation sites (N-methyl/N-ethyl adjacent to an activating group) is 2. The summed E-state index contributed by atoms with van der Waals surface area (Å²) in [5, 5.41) is 5.08. The van der Waals surface area contributed by atoms with Crippen molar-refractivity contribution in [3.63, 3.8) is 0 Å². The van der Waals surface area contributed by atoms with E-state index in [1.54, 1.807) is 16.8 Å². The second-order valence-corrected chi connectivity index (χ2v) is 7.14. The molecule has 0 spiro atoms. The highest BCUT2D eigenvalue weighted by molar-refractivity contribution is 5.79. The Kier molecular flexibility index (Phi) is 6.03. The van der Waals surface area contributed by atoms with Gasteiger partial charge in [0.2, 0.25) is 0 Å². The average molecular weight is 371 g/mol. The molecule has 6 nitrogen and oxygen atoms in total. The van der Waals surface area contributed by atoms with Crippen molar-refractivity contribution in [2.45, 2.75) is 19.6 Å². The molecule has 3 rings (SSSR count). The lowest BCUT2D eigenvalue weighted by atomic mass is 10.1. The van der Waals surface area contributed by atoms with Gasteiger partial charge in [0.15, 0.2) is 0 Å². The highest BCUT2D eigenvalue weighted by Crippen LogP contribution is 2.16. The van der Waals surface area contributed by atoms with E-state index in [1.807, 2.05) is 49.1 Å². The number of halogens is 1. The minimum Gasteiger partial charge on any atom is -0.308 e. The number of pyridine rings is 1. The maximum atomic E-state index is 13.8. The highest BCUT2D eigenvalue weighted by Gasteiger charge is 2.12. The number of fused-ring (bicyclic) bond motifs is 1. The summed E-state index contributed by atoms with van der Waals surface area (Å²) in [6, 6.07) is 8.40. The van der Waals surface area contributed by atoms with Gasteiger partial charge in [0.25, 0.3) is 5.56 Å². The Morgan fingerprint density at radius 1 is 1.11 bits per heavy atom. The van der Waals surface area contributed by atoms with Crippen molar-refractivity contribution in [2.24, 2.45) is 0 Å². The minimum atomic E-state index is -0.329. The molecule has 0 unspecified atom stereocenters. The van der Waals surface area contributed by atoms with E-state index in [1.165, 1.54) is 12.1 Å². The van der Waals surface area contributed by atoms with Crippen LogP contribution >= 0.6 is 0 Å². The molecule has 0 fully saturated rings. The Bertz CT molecular complexity index is 949. The molecule has 0 radical (unpaired) electrons. The van der Waals surface area contributed by atoms with Gasteiger partial charge in [0.1, 0.15) is 5.82 Å². The summed E-state index contributed by atoms with van der Waals surface area (Å²) in [6.45, 7) is 3.31. The van der Waals surface area contributed by atoms with Crippen LogP contribution in [0, 0.1) is 5.82 Å². The Labute approximate surface area is 158 Å². The second kappa shape index (κ2) is 8.45. The van der Waals surface area contributed by atoms with Crippen LogP contribution in [0.5, 0.6) is 0 Å². The van der Waals surface area contributed by atoms with Gasteiger partial charge < -0.3 is 14.4 Å². The lowest BCUT2D eigenvalue weighted by molar-refractivity contribution is 0.303. The molecule has 2 heterocycles. The van der Waals surface area contributed by atoms with E-state index >= 15 is 0 Å². The predicted molar refractivity (Wildman–Crippen MR) is 105 cm³/mol. The van der Waals surface area contributed by atoms with Crippen LogP contribution in [0.4, 0.5) is 4.39 Å². The third-order valence-corrected chi connectivity index (χ3v) is 4.61. The molecule has 7 heteroatoms. The van der Waals surface area contributed by atoms with Gasteiger partial charge >= 0.3 is 0 Å². The van der Waals surface area contributed by atoms with E-state index in [2.05, 4.69) is 10.00 Å². The van der Waals surface area contributed by atoms with E-state index in [9.17, 15) is 9.18 Å². The van der Waals surface area contributed by atoms with Crippen LogP contribution in [0.1, 0.15) is 5.56 Å². The Hall–Kier alpha value is -2.51. The molecule has 2 aromatic heterocycles. The van der Waals surface area contributed by atoms with E-state index < -0.39 is 0 Å². The van der Waals surface area contributed by atoms with Gasteiger partial charge in [-0.1, -0.05) is 0 Å². The molecule has 144 valence electrons. The van der Waals surface area contributed by atoms with E-state index in [0.29, 0.717) is 25.2 Å².